The van der Waals surface area contributed by atoms with Gasteiger partial charge in [-0.05, 0) is 11.8 Å². The van der Waals surface area contributed by atoms with E-state index in [4.69, 9.17) is 5.41 Å². The van der Waals surface area contributed by atoms with Crippen LogP contribution in [0.5, 0.6) is 0 Å². The average molecular weight is 182 g/mol. The maximum Gasteiger partial charge on any atom is 0.312 e. The van der Waals surface area contributed by atoms with Gasteiger partial charge in [0.1, 0.15) is 5.04 Å². The van der Waals surface area contributed by atoms with Gasteiger partial charge in [-0.2, -0.15) is 4.99 Å². The van der Waals surface area contributed by atoms with Crippen LogP contribution in [0.15, 0.2) is 9.98 Å². The second-order valence-corrected chi connectivity index (χ2v) is 2.99. The Morgan fingerprint density at radius 2 is 2.08 bits per heavy atom. The normalized spacial score (nSPS) is 21.5. The highest BCUT2D eigenvalue weighted by molar-refractivity contribution is 8.28. The molecule has 2 aliphatic rings. The van der Waals surface area contributed by atoms with Gasteiger partial charge in [-0.15, -0.1) is 0 Å². The number of nitrogens with one attached hydrogen (secondary N) is 2. The predicted octanol–water partition coefficient (Wildman–Crippen LogP) is -0.243. The van der Waals surface area contributed by atoms with Crippen molar-refractivity contribution in [3.63, 3.8) is 0 Å². The topological polar surface area (TPSA) is 94.7 Å². The second kappa shape index (κ2) is 2.24. The summed E-state index contributed by atoms with van der Waals surface area (Å²) in [6.07, 6.45) is 0. The van der Waals surface area contributed by atoms with Gasteiger partial charge < -0.3 is 0 Å². The van der Waals surface area contributed by atoms with Crippen LogP contribution in [-0.4, -0.2) is 27.9 Å². The number of aliphatic imine (C=N–C) groups is 2. The van der Waals surface area contributed by atoms with E-state index >= 15 is 0 Å². The van der Waals surface area contributed by atoms with Crippen molar-refractivity contribution >= 4 is 39.6 Å². The molecule has 0 aromatic rings. The van der Waals surface area contributed by atoms with Crippen molar-refractivity contribution in [2.45, 2.75) is 0 Å². The zero-order valence-corrected chi connectivity index (χ0v) is 6.44. The lowest BCUT2D eigenvalue weighted by Crippen LogP contribution is -2.41. The SMILES string of the molecule is N=C1N=C2SC(=O)N=C2C(=O)N1. The maximum atomic E-state index is 11.0. The standard InChI is InChI=1S/C5H2N4O2S/c6-4-8-2(10)1-3(9-4)12-5(11)7-1/h(H2,6,8,10). The molecular weight excluding hydrogens is 180 g/mol. The number of carbonyl (C=O) groups is 2. The molecule has 2 N–H and O–H groups in total. The summed E-state index contributed by atoms with van der Waals surface area (Å²) >= 11 is 0.763. The van der Waals surface area contributed by atoms with Crippen LogP contribution in [0.3, 0.4) is 0 Å². The first-order valence-electron chi connectivity index (χ1n) is 2.96. The first-order valence-corrected chi connectivity index (χ1v) is 3.78. The van der Waals surface area contributed by atoms with Gasteiger partial charge in [-0.25, -0.2) is 4.99 Å². The van der Waals surface area contributed by atoms with Crippen LogP contribution in [-0.2, 0) is 4.79 Å². The number of thioether (sulfide) groups is 1. The Labute approximate surface area is 70.7 Å². The van der Waals surface area contributed by atoms with Crippen molar-refractivity contribution in [1.29, 1.82) is 5.41 Å². The minimum Gasteiger partial charge on any atom is -0.289 e. The molecule has 12 heavy (non-hydrogen) atoms. The second-order valence-electron chi connectivity index (χ2n) is 2.05. The van der Waals surface area contributed by atoms with Crippen molar-refractivity contribution in [2.24, 2.45) is 9.98 Å². The molecule has 0 unspecified atom stereocenters. The molecule has 0 aliphatic carbocycles. The van der Waals surface area contributed by atoms with Crippen molar-refractivity contribution in [3.05, 3.63) is 0 Å². The molecule has 2 heterocycles. The Bertz CT molecular complexity index is 370. The molecule has 0 aromatic carbocycles. The lowest BCUT2D eigenvalue weighted by molar-refractivity contribution is -0.113. The number of amides is 2. The summed E-state index contributed by atoms with van der Waals surface area (Å²) < 4.78 is 0. The minimum absolute atomic E-state index is 0.0148. The van der Waals surface area contributed by atoms with E-state index in [0.29, 0.717) is 0 Å². The number of carbonyl (C=O) groups excluding carboxylic acids is 2. The molecular formula is C5H2N4O2S. The van der Waals surface area contributed by atoms with Crippen molar-refractivity contribution in [1.82, 2.24) is 5.32 Å². The lowest BCUT2D eigenvalue weighted by atomic mass is 10.3. The third-order valence-electron chi connectivity index (χ3n) is 1.25. The molecule has 7 heteroatoms. The number of rotatable bonds is 0. The fraction of sp³-hybridized carbons (Fsp3) is 0. The van der Waals surface area contributed by atoms with Crippen LogP contribution in [0.25, 0.3) is 0 Å². The fourth-order valence-corrected chi connectivity index (χ4v) is 1.49. The smallest absolute Gasteiger partial charge is 0.289 e. The van der Waals surface area contributed by atoms with Crippen LogP contribution in [0.2, 0.25) is 0 Å². The molecule has 0 bridgehead atoms. The largest absolute Gasteiger partial charge is 0.312 e. The first kappa shape index (κ1) is 7.17. The summed E-state index contributed by atoms with van der Waals surface area (Å²) in [7, 11) is 0. The van der Waals surface area contributed by atoms with Crippen molar-refractivity contribution in [2.75, 3.05) is 0 Å². The monoisotopic (exact) mass is 182 g/mol. The molecule has 6 nitrogen and oxygen atoms in total. The van der Waals surface area contributed by atoms with E-state index in [2.05, 4.69) is 15.3 Å². The lowest BCUT2D eigenvalue weighted by Gasteiger charge is -2.07. The van der Waals surface area contributed by atoms with Gasteiger partial charge >= 0.3 is 5.24 Å². The number of nitrogens with zero attached hydrogens (tertiary/aromatic N) is 2. The number of hydrogen-bond donors (Lipinski definition) is 2. The van der Waals surface area contributed by atoms with Gasteiger partial charge in [0.25, 0.3) is 5.91 Å². The Hall–Kier alpha value is -1.50. The van der Waals surface area contributed by atoms with E-state index in [0.717, 1.165) is 11.8 Å². The van der Waals surface area contributed by atoms with Gasteiger partial charge in [-0.3, -0.25) is 20.3 Å². The van der Waals surface area contributed by atoms with Gasteiger partial charge in [0, 0.05) is 0 Å². The zero-order chi connectivity index (χ0) is 8.72. The van der Waals surface area contributed by atoms with E-state index in [1.807, 2.05) is 0 Å². The third kappa shape index (κ3) is 0.944. The average Bonchev–Trinajstić information content (AvgIpc) is 2.29. The Morgan fingerprint density at radius 3 is 2.83 bits per heavy atom. The van der Waals surface area contributed by atoms with Gasteiger partial charge in [0.15, 0.2) is 5.71 Å². The Balaban J connectivity index is 2.51. The van der Waals surface area contributed by atoms with Gasteiger partial charge in [-0.1, -0.05) is 0 Å². The van der Waals surface area contributed by atoms with E-state index in [9.17, 15) is 9.59 Å². The Kier molecular flexibility index (Phi) is 1.34. The summed E-state index contributed by atoms with van der Waals surface area (Å²) in [5.74, 6) is -0.792. The van der Waals surface area contributed by atoms with Crippen molar-refractivity contribution in [3.8, 4) is 0 Å². The molecule has 0 saturated heterocycles. The molecule has 0 spiro atoms. The molecule has 0 atom stereocenters. The highest BCUT2D eigenvalue weighted by Gasteiger charge is 2.32. The number of guanidine groups is 1. The summed E-state index contributed by atoms with van der Waals surface area (Å²) in [5.41, 5.74) is 0.0148. The van der Waals surface area contributed by atoms with Crippen LogP contribution in [0, 0.1) is 5.41 Å². The quantitative estimate of drug-likeness (QED) is 0.541. The summed E-state index contributed by atoms with van der Waals surface area (Å²) in [5, 5.41) is 8.92. The molecule has 0 radical (unpaired) electrons. The highest BCUT2D eigenvalue weighted by atomic mass is 32.2. The minimum atomic E-state index is -0.539. The Morgan fingerprint density at radius 1 is 1.33 bits per heavy atom. The molecule has 0 fully saturated rings. The van der Waals surface area contributed by atoms with Crippen molar-refractivity contribution < 1.29 is 9.59 Å². The molecule has 60 valence electrons. The summed E-state index contributed by atoms with van der Waals surface area (Å²) in [6, 6.07) is 0. The molecule has 0 saturated carbocycles. The van der Waals surface area contributed by atoms with Crippen LogP contribution in [0.4, 0.5) is 4.79 Å². The van der Waals surface area contributed by atoms with Gasteiger partial charge in [0.2, 0.25) is 5.96 Å². The van der Waals surface area contributed by atoms with E-state index in [1.54, 1.807) is 0 Å². The fourth-order valence-electron chi connectivity index (χ4n) is 0.813. The molecule has 2 amide bonds. The predicted molar refractivity (Wildman–Crippen MR) is 43.7 cm³/mol. The van der Waals surface area contributed by atoms with E-state index in [-0.39, 0.29) is 16.7 Å². The molecule has 0 aromatic heterocycles. The maximum absolute atomic E-state index is 11.0. The van der Waals surface area contributed by atoms with E-state index < -0.39 is 11.1 Å². The van der Waals surface area contributed by atoms with Crippen LogP contribution < -0.4 is 5.32 Å². The van der Waals surface area contributed by atoms with E-state index in [1.165, 1.54) is 0 Å². The van der Waals surface area contributed by atoms with Gasteiger partial charge in [0.05, 0.1) is 0 Å². The summed E-state index contributed by atoms with van der Waals surface area (Å²) in [4.78, 5) is 28.8. The molecule has 2 aliphatic heterocycles. The van der Waals surface area contributed by atoms with Crippen LogP contribution >= 0.6 is 11.8 Å². The first-order chi connectivity index (χ1) is 5.66. The third-order valence-corrected chi connectivity index (χ3v) is 1.99. The van der Waals surface area contributed by atoms with Crippen LogP contribution in [0.1, 0.15) is 0 Å². The zero-order valence-electron chi connectivity index (χ0n) is 5.62. The highest BCUT2D eigenvalue weighted by Crippen LogP contribution is 2.19. The summed E-state index contributed by atoms with van der Waals surface area (Å²) in [6.45, 7) is 0. The molecule has 2 rings (SSSR count). The number of fused-ring (bicyclic) bond motifs is 1. The number of hydrogen-bond acceptors (Lipinski definition) is 4.